The highest BCUT2D eigenvalue weighted by Gasteiger charge is 2.34. The van der Waals surface area contributed by atoms with Crippen LogP contribution in [0.25, 0.3) is 0 Å². The molecule has 0 aliphatic heterocycles. The second kappa shape index (κ2) is 3.87. The van der Waals surface area contributed by atoms with Crippen LogP contribution in [0.3, 0.4) is 0 Å². The number of hydrogen-bond donors (Lipinski definition) is 0. The lowest BCUT2D eigenvalue weighted by atomic mass is 9.81. The van der Waals surface area contributed by atoms with Crippen LogP contribution >= 0.6 is 0 Å². The van der Waals surface area contributed by atoms with Crippen molar-refractivity contribution in [1.82, 2.24) is 0 Å². The third kappa shape index (κ3) is 2.52. The lowest BCUT2D eigenvalue weighted by Gasteiger charge is -2.26. The normalized spacial score (nSPS) is 21.1. The van der Waals surface area contributed by atoms with Gasteiger partial charge >= 0.3 is 6.18 Å². The molecule has 1 aliphatic rings. The van der Waals surface area contributed by atoms with Crippen molar-refractivity contribution >= 4 is 0 Å². The lowest BCUT2D eigenvalue weighted by molar-refractivity contribution is -0.139. The van der Waals surface area contributed by atoms with Gasteiger partial charge in [-0.1, -0.05) is 24.3 Å². The van der Waals surface area contributed by atoms with Crippen LogP contribution in [0, 0.1) is 0 Å². The first kappa shape index (κ1) is 10.5. The van der Waals surface area contributed by atoms with E-state index in [1.54, 1.807) is 0 Å². The Morgan fingerprint density at radius 2 is 1.93 bits per heavy atom. The number of hydrogen-bond acceptors (Lipinski definition) is 0. The first-order valence-corrected chi connectivity index (χ1v) is 5.21. The van der Waals surface area contributed by atoms with E-state index in [-0.39, 0.29) is 5.92 Å². The van der Waals surface area contributed by atoms with Crippen molar-refractivity contribution in [2.75, 3.05) is 0 Å². The van der Waals surface area contributed by atoms with Crippen molar-refractivity contribution in [3.05, 3.63) is 35.4 Å². The van der Waals surface area contributed by atoms with Crippen LogP contribution < -0.4 is 0 Å². The zero-order valence-electron chi connectivity index (χ0n) is 8.35. The summed E-state index contributed by atoms with van der Waals surface area (Å²) in [4.78, 5) is 0. The van der Waals surface area contributed by atoms with Crippen LogP contribution in [0.1, 0.15) is 36.3 Å². The van der Waals surface area contributed by atoms with Gasteiger partial charge in [0.25, 0.3) is 0 Å². The second-order valence-electron chi connectivity index (χ2n) is 4.11. The highest BCUT2D eigenvalue weighted by molar-refractivity contribution is 5.32. The molecule has 0 bridgehead atoms. The quantitative estimate of drug-likeness (QED) is 0.661. The molecule has 0 N–H and O–H groups in total. The predicted molar refractivity (Wildman–Crippen MR) is 52.8 cm³/mol. The van der Waals surface area contributed by atoms with Crippen molar-refractivity contribution < 1.29 is 13.2 Å². The summed E-state index contributed by atoms with van der Waals surface area (Å²) in [6.45, 7) is 0. The molecule has 0 fully saturated rings. The Balaban J connectivity index is 2.22. The molecular weight excluding hydrogens is 201 g/mol. The van der Waals surface area contributed by atoms with Crippen LogP contribution in [0.5, 0.6) is 0 Å². The minimum Gasteiger partial charge on any atom is -0.171 e. The molecule has 0 spiro atoms. The average Bonchev–Trinajstić information content (AvgIpc) is 2.16. The lowest BCUT2D eigenvalue weighted by Crippen LogP contribution is -2.18. The molecule has 1 aromatic rings. The predicted octanol–water partition coefficient (Wildman–Crippen LogP) is 4.06. The van der Waals surface area contributed by atoms with Gasteiger partial charge in [-0.3, -0.25) is 0 Å². The summed E-state index contributed by atoms with van der Waals surface area (Å²) >= 11 is 0. The molecule has 0 heterocycles. The summed E-state index contributed by atoms with van der Waals surface area (Å²) in [5.41, 5.74) is 2.00. The van der Waals surface area contributed by atoms with Crippen molar-refractivity contribution in [3.63, 3.8) is 0 Å². The first-order chi connectivity index (χ1) is 7.06. The van der Waals surface area contributed by atoms with E-state index in [4.69, 9.17) is 0 Å². The van der Waals surface area contributed by atoms with E-state index in [1.165, 1.54) is 0 Å². The van der Waals surface area contributed by atoms with Crippen LogP contribution in [0.4, 0.5) is 13.2 Å². The molecule has 2 rings (SSSR count). The van der Waals surface area contributed by atoms with E-state index < -0.39 is 12.6 Å². The Morgan fingerprint density at radius 1 is 1.20 bits per heavy atom. The molecule has 0 radical (unpaired) electrons. The van der Waals surface area contributed by atoms with E-state index in [9.17, 15) is 13.2 Å². The van der Waals surface area contributed by atoms with Gasteiger partial charge in [-0.25, -0.2) is 0 Å². The Kier molecular flexibility index (Phi) is 2.72. The highest BCUT2D eigenvalue weighted by atomic mass is 19.4. The van der Waals surface area contributed by atoms with Gasteiger partial charge in [-0.2, -0.15) is 13.2 Å². The molecule has 0 saturated carbocycles. The van der Waals surface area contributed by atoms with Gasteiger partial charge in [0.1, 0.15) is 0 Å². The van der Waals surface area contributed by atoms with Crippen molar-refractivity contribution in [1.29, 1.82) is 0 Å². The fourth-order valence-corrected chi connectivity index (χ4v) is 2.35. The number of rotatable bonds is 1. The topological polar surface area (TPSA) is 0 Å². The maximum absolute atomic E-state index is 12.3. The van der Waals surface area contributed by atoms with Crippen molar-refractivity contribution in [2.45, 2.75) is 37.8 Å². The standard InChI is InChI=1S/C12H13F3/c13-12(14,15)8-10-6-3-5-9-4-1-2-7-11(9)10/h1-2,4,7,10H,3,5-6,8H2/t10-/m1/s1. The minimum atomic E-state index is -4.05. The van der Waals surface area contributed by atoms with E-state index >= 15 is 0 Å². The van der Waals surface area contributed by atoms with Crippen LogP contribution in [-0.2, 0) is 6.42 Å². The zero-order valence-corrected chi connectivity index (χ0v) is 8.35. The largest absolute Gasteiger partial charge is 0.389 e. The van der Waals surface area contributed by atoms with E-state index in [2.05, 4.69) is 0 Å². The molecule has 0 aromatic heterocycles. The monoisotopic (exact) mass is 214 g/mol. The summed E-state index contributed by atoms with van der Waals surface area (Å²) in [7, 11) is 0. The highest BCUT2D eigenvalue weighted by Crippen LogP contribution is 2.39. The average molecular weight is 214 g/mol. The molecule has 1 aromatic carbocycles. The summed E-state index contributed by atoms with van der Waals surface area (Å²) in [5.74, 6) is -0.324. The van der Waals surface area contributed by atoms with Gasteiger partial charge in [0.15, 0.2) is 0 Å². The van der Waals surface area contributed by atoms with Crippen LogP contribution in [0.2, 0.25) is 0 Å². The third-order valence-electron chi connectivity index (χ3n) is 2.97. The molecule has 82 valence electrons. The number of aryl methyl sites for hydroxylation is 1. The molecule has 0 saturated heterocycles. The number of fused-ring (bicyclic) bond motifs is 1. The summed E-state index contributed by atoms with van der Waals surface area (Å²) < 4.78 is 37.0. The Morgan fingerprint density at radius 3 is 2.67 bits per heavy atom. The number of alkyl halides is 3. The molecule has 0 nitrogen and oxygen atoms in total. The molecule has 15 heavy (non-hydrogen) atoms. The first-order valence-electron chi connectivity index (χ1n) is 5.21. The maximum Gasteiger partial charge on any atom is 0.389 e. The van der Waals surface area contributed by atoms with Gasteiger partial charge in [0.2, 0.25) is 0 Å². The second-order valence-corrected chi connectivity index (χ2v) is 4.11. The molecule has 1 atom stereocenters. The zero-order chi connectivity index (χ0) is 10.9. The van der Waals surface area contributed by atoms with Crippen LogP contribution in [-0.4, -0.2) is 6.18 Å². The molecular formula is C12H13F3. The fourth-order valence-electron chi connectivity index (χ4n) is 2.35. The third-order valence-corrected chi connectivity index (χ3v) is 2.97. The van der Waals surface area contributed by atoms with Crippen molar-refractivity contribution in [3.8, 4) is 0 Å². The summed E-state index contributed by atoms with van der Waals surface area (Å²) in [5, 5.41) is 0. The molecule has 0 amide bonds. The SMILES string of the molecule is FC(F)(F)C[C@H]1CCCc2ccccc21. The van der Waals surface area contributed by atoms with E-state index in [0.717, 1.165) is 24.0 Å². The Labute approximate surface area is 87.1 Å². The Hall–Kier alpha value is -0.990. The van der Waals surface area contributed by atoms with E-state index in [0.29, 0.717) is 6.42 Å². The van der Waals surface area contributed by atoms with E-state index in [1.807, 2.05) is 24.3 Å². The molecule has 1 aliphatic carbocycles. The smallest absolute Gasteiger partial charge is 0.171 e. The molecule has 0 unspecified atom stereocenters. The van der Waals surface area contributed by atoms with Gasteiger partial charge in [-0.15, -0.1) is 0 Å². The summed E-state index contributed by atoms with van der Waals surface area (Å²) in [6.07, 6.45) is -2.27. The fraction of sp³-hybridized carbons (Fsp3) is 0.500. The molecule has 3 heteroatoms. The van der Waals surface area contributed by atoms with Gasteiger partial charge in [0.05, 0.1) is 6.42 Å². The Bertz CT molecular complexity index is 341. The summed E-state index contributed by atoms with van der Waals surface area (Å²) in [6, 6.07) is 7.51. The number of halogens is 3. The van der Waals surface area contributed by atoms with Gasteiger partial charge in [0, 0.05) is 0 Å². The van der Waals surface area contributed by atoms with Gasteiger partial charge < -0.3 is 0 Å². The number of benzene rings is 1. The van der Waals surface area contributed by atoms with Crippen molar-refractivity contribution in [2.24, 2.45) is 0 Å². The maximum atomic E-state index is 12.3. The minimum absolute atomic E-state index is 0.324. The van der Waals surface area contributed by atoms with Gasteiger partial charge in [-0.05, 0) is 36.3 Å². The van der Waals surface area contributed by atoms with Crippen LogP contribution in [0.15, 0.2) is 24.3 Å².